The number of hydrogen-bond donors (Lipinski definition) is 2. The molecule has 2 aromatic carbocycles. The molecule has 0 radical (unpaired) electrons. The van der Waals surface area contributed by atoms with Crippen LogP contribution in [0.4, 0.5) is 0 Å². The van der Waals surface area contributed by atoms with Crippen molar-refractivity contribution in [1.82, 2.24) is 15.3 Å². The molecule has 0 fully saturated rings. The van der Waals surface area contributed by atoms with Crippen LogP contribution in [0.1, 0.15) is 25.5 Å². The van der Waals surface area contributed by atoms with Gasteiger partial charge in [-0.1, -0.05) is 49.0 Å². The second-order valence-corrected chi connectivity index (χ2v) is 6.01. The van der Waals surface area contributed by atoms with E-state index < -0.39 is 0 Å². The fourth-order valence-electron chi connectivity index (χ4n) is 2.43. The molecule has 1 atom stereocenters. The number of H-pyrrole nitrogens is 1. The predicted octanol–water partition coefficient (Wildman–Crippen LogP) is 4.38. The summed E-state index contributed by atoms with van der Waals surface area (Å²) in [5.41, 5.74) is 3.40. The van der Waals surface area contributed by atoms with E-state index in [2.05, 4.69) is 59.5 Å². The summed E-state index contributed by atoms with van der Waals surface area (Å²) in [6.45, 7) is 5.29. The lowest BCUT2D eigenvalue weighted by Crippen LogP contribution is -2.18. The van der Waals surface area contributed by atoms with Gasteiger partial charge in [0.25, 0.3) is 0 Å². The van der Waals surface area contributed by atoms with E-state index in [-0.39, 0.29) is 0 Å². The average molecular weight is 297 g/mol. The van der Waals surface area contributed by atoms with Gasteiger partial charge in [-0.15, -0.1) is 0 Å². The molecule has 0 saturated carbocycles. The number of benzene rings is 2. The molecule has 4 heteroatoms. The van der Waals surface area contributed by atoms with Gasteiger partial charge in [0.05, 0.1) is 11.0 Å². The Balaban J connectivity index is 1.90. The van der Waals surface area contributed by atoms with Crippen molar-refractivity contribution < 1.29 is 0 Å². The molecule has 1 aromatic heterocycles. The lowest BCUT2D eigenvalue weighted by molar-refractivity contribution is 0.590. The number of aromatic amines is 1. The first-order valence-electron chi connectivity index (χ1n) is 7.23. The Morgan fingerprint density at radius 3 is 2.71 bits per heavy atom. The normalized spacial score (nSPS) is 12.7. The van der Waals surface area contributed by atoms with Crippen molar-refractivity contribution in [2.24, 2.45) is 0 Å². The van der Waals surface area contributed by atoms with Crippen LogP contribution < -0.4 is 5.32 Å². The first kappa shape index (κ1) is 14.2. The van der Waals surface area contributed by atoms with Crippen LogP contribution in [-0.4, -0.2) is 16.5 Å². The Morgan fingerprint density at radius 2 is 1.90 bits per heavy atom. The molecule has 0 spiro atoms. The van der Waals surface area contributed by atoms with Crippen LogP contribution in [0.3, 0.4) is 0 Å². The first-order chi connectivity index (χ1) is 10.3. The smallest absolute Gasteiger partial charge is 0.171 e. The van der Waals surface area contributed by atoms with Gasteiger partial charge < -0.3 is 10.3 Å². The van der Waals surface area contributed by atoms with Gasteiger partial charge in [-0.2, -0.15) is 0 Å². The highest BCUT2D eigenvalue weighted by molar-refractivity contribution is 7.99. The monoisotopic (exact) mass is 297 g/mol. The number of fused-ring (bicyclic) bond motifs is 1. The molecule has 2 N–H and O–H groups in total. The van der Waals surface area contributed by atoms with Gasteiger partial charge in [-0.05, 0) is 37.2 Å². The van der Waals surface area contributed by atoms with E-state index in [1.54, 1.807) is 11.8 Å². The predicted molar refractivity (Wildman–Crippen MR) is 88.8 cm³/mol. The van der Waals surface area contributed by atoms with E-state index in [0.717, 1.165) is 22.7 Å². The van der Waals surface area contributed by atoms with Gasteiger partial charge in [0, 0.05) is 10.9 Å². The lowest BCUT2D eigenvalue weighted by Gasteiger charge is -2.16. The van der Waals surface area contributed by atoms with Crippen molar-refractivity contribution in [3.8, 4) is 0 Å². The summed E-state index contributed by atoms with van der Waals surface area (Å²) < 4.78 is 0. The van der Waals surface area contributed by atoms with Gasteiger partial charge in [-0.3, -0.25) is 0 Å². The second kappa shape index (κ2) is 6.33. The maximum absolute atomic E-state index is 4.64. The minimum absolute atomic E-state index is 0.336. The summed E-state index contributed by atoms with van der Waals surface area (Å²) in [5, 5.41) is 4.41. The molecule has 1 heterocycles. The fourth-order valence-corrected chi connectivity index (χ4v) is 3.45. The van der Waals surface area contributed by atoms with Crippen molar-refractivity contribution in [1.29, 1.82) is 0 Å². The average Bonchev–Trinajstić information content (AvgIpc) is 2.90. The molecule has 0 bridgehead atoms. The standard InChI is InChI=1S/C17H19N3S/c1-3-18-12(2)13-8-4-7-11-16(13)21-17-19-14-9-5-6-10-15(14)20-17/h4-12,18H,3H2,1-2H3,(H,19,20). The summed E-state index contributed by atoms with van der Waals surface area (Å²) in [5.74, 6) is 0. The number of aromatic nitrogens is 2. The van der Waals surface area contributed by atoms with Crippen molar-refractivity contribution in [3.05, 3.63) is 54.1 Å². The quantitative estimate of drug-likeness (QED) is 0.734. The molecule has 0 saturated heterocycles. The molecule has 108 valence electrons. The summed E-state index contributed by atoms with van der Waals surface area (Å²) in [6, 6.07) is 17.0. The van der Waals surface area contributed by atoms with Crippen LogP contribution in [0.25, 0.3) is 11.0 Å². The summed E-state index contributed by atoms with van der Waals surface area (Å²) in [4.78, 5) is 9.26. The molecule has 21 heavy (non-hydrogen) atoms. The Morgan fingerprint density at radius 1 is 1.14 bits per heavy atom. The van der Waals surface area contributed by atoms with Crippen molar-refractivity contribution in [2.45, 2.75) is 29.9 Å². The molecule has 1 unspecified atom stereocenters. The third-order valence-corrected chi connectivity index (χ3v) is 4.45. The van der Waals surface area contributed by atoms with Crippen LogP contribution in [0, 0.1) is 0 Å². The summed E-state index contributed by atoms with van der Waals surface area (Å²) >= 11 is 1.69. The van der Waals surface area contributed by atoms with E-state index in [1.807, 2.05) is 18.2 Å². The molecular weight excluding hydrogens is 278 g/mol. The van der Waals surface area contributed by atoms with Crippen molar-refractivity contribution in [3.63, 3.8) is 0 Å². The lowest BCUT2D eigenvalue weighted by atomic mass is 10.1. The largest absolute Gasteiger partial charge is 0.333 e. The maximum atomic E-state index is 4.64. The van der Waals surface area contributed by atoms with Gasteiger partial charge in [0.15, 0.2) is 5.16 Å². The highest BCUT2D eigenvalue weighted by atomic mass is 32.2. The van der Waals surface area contributed by atoms with Crippen molar-refractivity contribution in [2.75, 3.05) is 6.54 Å². The fraction of sp³-hybridized carbons (Fsp3) is 0.235. The Kier molecular flexibility index (Phi) is 4.27. The third kappa shape index (κ3) is 3.12. The maximum Gasteiger partial charge on any atom is 0.171 e. The van der Waals surface area contributed by atoms with E-state index in [0.29, 0.717) is 6.04 Å². The van der Waals surface area contributed by atoms with E-state index in [4.69, 9.17) is 0 Å². The van der Waals surface area contributed by atoms with Crippen LogP contribution >= 0.6 is 11.8 Å². The number of imidazole rings is 1. The van der Waals surface area contributed by atoms with Gasteiger partial charge in [0.2, 0.25) is 0 Å². The minimum Gasteiger partial charge on any atom is -0.333 e. The SMILES string of the molecule is CCNC(C)c1ccccc1Sc1nc2ccccc2[nH]1. The highest BCUT2D eigenvalue weighted by Gasteiger charge is 2.12. The number of para-hydroxylation sites is 2. The van der Waals surface area contributed by atoms with Crippen LogP contribution in [0.15, 0.2) is 58.6 Å². The van der Waals surface area contributed by atoms with E-state index in [1.165, 1.54) is 10.5 Å². The van der Waals surface area contributed by atoms with Crippen LogP contribution in [-0.2, 0) is 0 Å². The highest BCUT2D eigenvalue weighted by Crippen LogP contribution is 2.32. The minimum atomic E-state index is 0.336. The summed E-state index contributed by atoms with van der Waals surface area (Å²) in [6.07, 6.45) is 0. The molecule has 3 aromatic rings. The Hall–Kier alpha value is -1.78. The third-order valence-electron chi connectivity index (χ3n) is 3.47. The number of rotatable bonds is 5. The second-order valence-electron chi connectivity index (χ2n) is 4.98. The molecule has 0 aliphatic carbocycles. The zero-order valence-corrected chi connectivity index (χ0v) is 13.1. The number of nitrogens with zero attached hydrogens (tertiary/aromatic N) is 1. The van der Waals surface area contributed by atoms with Gasteiger partial charge >= 0.3 is 0 Å². The zero-order chi connectivity index (χ0) is 14.7. The first-order valence-corrected chi connectivity index (χ1v) is 8.04. The van der Waals surface area contributed by atoms with Crippen molar-refractivity contribution >= 4 is 22.8 Å². The topological polar surface area (TPSA) is 40.7 Å². The Bertz CT molecular complexity index is 702. The van der Waals surface area contributed by atoms with Crippen LogP contribution in [0.2, 0.25) is 0 Å². The number of hydrogen-bond acceptors (Lipinski definition) is 3. The molecule has 3 nitrogen and oxygen atoms in total. The molecule has 0 amide bonds. The molecular formula is C17H19N3S. The van der Waals surface area contributed by atoms with Gasteiger partial charge in [-0.25, -0.2) is 4.98 Å². The van der Waals surface area contributed by atoms with E-state index in [9.17, 15) is 0 Å². The zero-order valence-electron chi connectivity index (χ0n) is 12.3. The number of nitrogens with one attached hydrogen (secondary N) is 2. The Labute approximate surface area is 129 Å². The summed E-state index contributed by atoms with van der Waals surface area (Å²) in [7, 11) is 0. The molecule has 0 aliphatic heterocycles. The molecule has 3 rings (SSSR count). The van der Waals surface area contributed by atoms with Crippen LogP contribution in [0.5, 0.6) is 0 Å². The van der Waals surface area contributed by atoms with E-state index >= 15 is 0 Å². The molecule has 0 aliphatic rings. The van der Waals surface area contributed by atoms with Gasteiger partial charge in [0.1, 0.15) is 0 Å².